The fourth-order valence-electron chi connectivity index (χ4n) is 3.62. The van der Waals surface area contributed by atoms with Crippen molar-refractivity contribution in [2.24, 2.45) is 11.8 Å². The van der Waals surface area contributed by atoms with E-state index in [-0.39, 0.29) is 5.91 Å². The van der Waals surface area contributed by atoms with Crippen LogP contribution in [0, 0.1) is 11.8 Å². The number of hydrogen-bond acceptors (Lipinski definition) is 2. The molecule has 2 fully saturated rings. The highest BCUT2D eigenvalue weighted by atomic mass is 16.5. The van der Waals surface area contributed by atoms with Crippen LogP contribution < -0.4 is 10.1 Å². The Balaban J connectivity index is 1.60. The lowest BCUT2D eigenvalue weighted by Crippen LogP contribution is -2.37. The smallest absolute Gasteiger partial charge is 0.244 e. The van der Waals surface area contributed by atoms with Crippen LogP contribution in [0.2, 0.25) is 0 Å². The molecule has 2 aliphatic carbocycles. The van der Waals surface area contributed by atoms with Crippen molar-refractivity contribution in [3.05, 3.63) is 35.9 Å². The third-order valence-electron chi connectivity index (χ3n) is 4.62. The number of carbonyl (C=O) groups excluding carboxylic acids is 1. The minimum Gasteiger partial charge on any atom is -0.496 e. The van der Waals surface area contributed by atoms with Crippen molar-refractivity contribution >= 4 is 12.0 Å². The Morgan fingerprint density at radius 1 is 1.30 bits per heavy atom. The first kappa shape index (κ1) is 13.2. The third-order valence-corrected chi connectivity index (χ3v) is 4.62. The predicted molar refractivity (Wildman–Crippen MR) is 79.4 cm³/mol. The molecule has 2 saturated carbocycles. The summed E-state index contributed by atoms with van der Waals surface area (Å²) in [6.45, 7) is 0. The number of rotatable bonds is 4. The first-order chi connectivity index (χ1) is 9.76. The van der Waals surface area contributed by atoms with E-state index in [1.54, 1.807) is 13.2 Å². The van der Waals surface area contributed by atoms with Gasteiger partial charge in [-0.2, -0.15) is 0 Å². The molecule has 0 aromatic heterocycles. The normalized spacial score (nSPS) is 27.9. The van der Waals surface area contributed by atoms with Crippen LogP contribution in [0.25, 0.3) is 6.08 Å². The highest BCUT2D eigenvalue weighted by Gasteiger charge is 2.39. The molecule has 0 unspecified atom stereocenters. The van der Waals surface area contributed by atoms with Crippen molar-refractivity contribution in [3.63, 3.8) is 0 Å². The number of benzene rings is 1. The van der Waals surface area contributed by atoms with Crippen molar-refractivity contribution in [2.75, 3.05) is 7.11 Å². The quantitative estimate of drug-likeness (QED) is 0.855. The molecule has 1 aromatic carbocycles. The van der Waals surface area contributed by atoms with Gasteiger partial charge in [-0.05, 0) is 43.2 Å². The zero-order valence-corrected chi connectivity index (χ0v) is 11.8. The molecule has 0 spiro atoms. The molecule has 1 N–H and O–H groups in total. The lowest BCUT2D eigenvalue weighted by Gasteiger charge is -2.22. The second kappa shape index (κ2) is 5.70. The van der Waals surface area contributed by atoms with Crippen LogP contribution in [0.15, 0.2) is 30.3 Å². The zero-order valence-electron chi connectivity index (χ0n) is 11.8. The molecule has 3 nitrogen and oxygen atoms in total. The predicted octanol–water partition coefficient (Wildman–Crippen LogP) is 3.01. The van der Waals surface area contributed by atoms with E-state index in [0.29, 0.717) is 12.0 Å². The first-order valence-corrected chi connectivity index (χ1v) is 7.38. The molecule has 106 valence electrons. The molecule has 3 heteroatoms. The molecule has 20 heavy (non-hydrogen) atoms. The number of methoxy groups -OCH3 is 1. The minimum atomic E-state index is 0.00783. The van der Waals surface area contributed by atoms with E-state index < -0.39 is 0 Å². The van der Waals surface area contributed by atoms with Gasteiger partial charge in [0.1, 0.15) is 5.75 Å². The third kappa shape index (κ3) is 2.72. The molecule has 0 saturated heterocycles. The van der Waals surface area contributed by atoms with Crippen molar-refractivity contribution in [2.45, 2.75) is 31.7 Å². The summed E-state index contributed by atoms with van der Waals surface area (Å²) in [6, 6.07) is 8.10. The van der Waals surface area contributed by atoms with E-state index in [2.05, 4.69) is 5.32 Å². The Bertz CT molecular complexity index is 523. The highest BCUT2D eigenvalue weighted by Crippen LogP contribution is 2.44. The van der Waals surface area contributed by atoms with Crippen LogP contribution in [0.4, 0.5) is 0 Å². The molecule has 1 aromatic rings. The summed E-state index contributed by atoms with van der Waals surface area (Å²) in [4.78, 5) is 12.0. The van der Waals surface area contributed by atoms with E-state index in [0.717, 1.165) is 17.2 Å². The molecule has 0 radical (unpaired) electrons. The fourth-order valence-corrected chi connectivity index (χ4v) is 3.62. The molecule has 0 heterocycles. The van der Waals surface area contributed by atoms with E-state index in [9.17, 15) is 4.79 Å². The van der Waals surface area contributed by atoms with Crippen LogP contribution >= 0.6 is 0 Å². The molecule has 2 aliphatic rings. The van der Waals surface area contributed by atoms with Gasteiger partial charge in [0.25, 0.3) is 0 Å². The van der Waals surface area contributed by atoms with Crippen LogP contribution in [-0.2, 0) is 4.79 Å². The molecular weight excluding hydrogens is 250 g/mol. The van der Waals surface area contributed by atoms with Crippen molar-refractivity contribution in [1.82, 2.24) is 5.32 Å². The highest BCUT2D eigenvalue weighted by molar-refractivity contribution is 5.92. The summed E-state index contributed by atoms with van der Waals surface area (Å²) in [7, 11) is 1.64. The maximum atomic E-state index is 12.0. The second-order valence-electron chi connectivity index (χ2n) is 5.87. The number of fused-ring (bicyclic) bond motifs is 2. The SMILES string of the molecule is COc1ccccc1/C=C/C(=O)N[C@H]1C[C@H]2CC[C@@H]1C2. The average molecular weight is 271 g/mol. The topological polar surface area (TPSA) is 38.3 Å². The van der Waals surface area contributed by atoms with Crippen LogP contribution in [-0.4, -0.2) is 19.1 Å². The first-order valence-electron chi connectivity index (χ1n) is 7.38. The summed E-state index contributed by atoms with van der Waals surface area (Å²) < 4.78 is 5.27. The minimum absolute atomic E-state index is 0.00783. The van der Waals surface area contributed by atoms with Gasteiger partial charge in [-0.3, -0.25) is 4.79 Å². The Kier molecular flexibility index (Phi) is 3.77. The van der Waals surface area contributed by atoms with Crippen LogP contribution in [0.1, 0.15) is 31.2 Å². The number of nitrogens with one attached hydrogen (secondary N) is 1. The average Bonchev–Trinajstić information content (AvgIpc) is 3.08. The summed E-state index contributed by atoms with van der Waals surface area (Å²) in [5.74, 6) is 2.36. The maximum Gasteiger partial charge on any atom is 0.244 e. The van der Waals surface area contributed by atoms with Gasteiger partial charge in [0.2, 0.25) is 5.91 Å². The standard InChI is InChI=1S/C17H21NO2/c1-20-16-5-3-2-4-13(16)8-9-17(19)18-15-11-12-6-7-14(15)10-12/h2-5,8-9,12,14-15H,6-7,10-11H2,1H3,(H,18,19)/b9-8+/t12-,14+,15-/m0/s1. The Morgan fingerprint density at radius 2 is 2.15 bits per heavy atom. The number of para-hydroxylation sites is 1. The van der Waals surface area contributed by atoms with E-state index in [1.807, 2.05) is 30.3 Å². The number of ether oxygens (including phenoxy) is 1. The monoisotopic (exact) mass is 271 g/mol. The summed E-state index contributed by atoms with van der Waals surface area (Å²) in [5, 5.41) is 3.15. The van der Waals surface area contributed by atoms with Gasteiger partial charge in [-0.15, -0.1) is 0 Å². The van der Waals surface area contributed by atoms with E-state index in [1.165, 1.54) is 25.7 Å². The lowest BCUT2D eigenvalue weighted by atomic mass is 9.95. The molecule has 1 amide bonds. The van der Waals surface area contributed by atoms with E-state index >= 15 is 0 Å². The molecule has 0 aliphatic heterocycles. The maximum absolute atomic E-state index is 12.0. The fraction of sp³-hybridized carbons (Fsp3) is 0.471. The van der Waals surface area contributed by atoms with Gasteiger partial charge < -0.3 is 10.1 Å². The van der Waals surface area contributed by atoms with Gasteiger partial charge in [0.05, 0.1) is 7.11 Å². The second-order valence-corrected chi connectivity index (χ2v) is 5.87. The number of hydrogen-bond donors (Lipinski definition) is 1. The Labute approximate surface area is 120 Å². The van der Waals surface area contributed by atoms with E-state index in [4.69, 9.17) is 4.74 Å². The molecule has 3 rings (SSSR count). The van der Waals surface area contributed by atoms with Gasteiger partial charge in [-0.25, -0.2) is 0 Å². The van der Waals surface area contributed by atoms with Gasteiger partial charge in [0, 0.05) is 17.7 Å². The van der Waals surface area contributed by atoms with Gasteiger partial charge in [0.15, 0.2) is 0 Å². The Hall–Kier alpha value is -1.77. The van der Waals surface area contributed by atoms with Crippen LogP contribution in [0.5, 0.6) is 5.75 Å². The van der Waals surface area contributed by atoms with Crippen molar-refractivity contribution in [3.8, 4) is 5.75 Å². The molecular formula is C17H21NO2. The largest absolute Gasteiger partial charge is 0.496 e. The number of carbonyl (C=O) groups is 1. The lowest BCUT2D eigenvalue weighted by molar-refractivity contribution is -0.117. The van der Waals surface area contributed by atoms with Crippen molar-refractivity contribution in [1.29, 1.82) is 0 Å². The summed E-state index contributed by atoms with van der Waals surface area (Å²) in [5.41, 5.74) is 0.929. The summed E-state index contributed by atoms with van der Waals surface area (Å²) in [6.07, 6.45) is 8.55. The Morgan fingerprint density at radius 3 is 2.85 bits per heavy atom. The van der Waals surface area contributed by atoms with Gasteiger partial charge in [-0.1, -0.05) is 24.6 Å². The molecule has 3 atom stereocenters. The van der Waals surface area contributed by atoms with Gasteiger partial charge >= 0.3 is 0 Å². The molecule has 2 bridgehead atoms. The van der Waals surface area contributed by atoms with Crippen molar-refractivity contribution < 1.29 is 9.53 Å². The number of amides is 1. The van der Waals surface area contributed by atoms with Crippen LogP contribution in [0.3, 0.4) is 0 Å². The summed E-state index contributed by atoms with van der Waals surface area (Å²) >= 11 is 0. The zero-order chi connectivity index (χ0) is 13.9.